The lowest BCUT2D eigenvalue weighted by molar-refractivity contribution is 0.806. The van der Waals surface area contributed by atoms with Crippen molar-refractivity contribution in [1.82, 2.24) is 0 Å². The van der Waals surface area contributed by atoms with Crippen molar-refractivity contribution < 1.29 is 0 Å². The Morgan fingerprint density at radius 2 is 1.95 bits per heavy atom. The number of anilines is 2. The highest BCUT2D eigenvalue weighted by Gasteiger charge is 2.10. The van der Waals surface area contributed by atoms with E-state index in [4.69, 9.17) is 22.4 Å². The van der Waals surface area contributed by atoms with Crippen LogP contribution in [0.1, 0.15) is 31.4 Å². The zero-order chi connectivity index (χ0) is 16.1. The Labute approximate surface area is 137 Å². The summed E-state index contributed by atoms with van der Waals surface area (Å²) in [6.07, 6.45) is 0.977. The molecule has 0 bridgehead atoms. The molecule has 0 saturated heterocycles. The van der Waals surface area contributed by atoms with Gasteiger partial charge in [-0.25, -0.2) is 0 Å². The first-order valence-corrected chi connectivity index (χ1v) is 7.84. The lowest BCUT2D eigenvalue weighted by Gasteiger charge is -2.21. The van der Waals surface area contributed by atoms with Gasteiger partial charge in [-0.3, -0.25) is 5.01 Å². The van der Waals surface area contributed by atoms with Crippen molar-refractivity contribution in [2.24, 2.45) is 5.10 Å². The van der Waals surface area contributed by atoms with Crippen LogP contribution in [0, 0.1) is 6.92 Å². The minimum absolute atomic E-state index is 0.699. The van der Waals surface area contributed by atoms with Crippen LogP contribution >= 0.6 is 11.6 Å². The molecule has 4 heteroatoms. The molecule has 0 aliphatic rings. The molecule has 0 atom stereocenters. The number of hydrogen-bond donors (Lipinski definition) is 1. The van der Waals surface area contributed by atoms with Crippen LogP contribution in [-0.4, -0.2) is 12.3 Å². The summed E-state index contributed by atoms with van der Waals surface area (Å²) in [7, 11) is 0. The maximum Gasteiger partial charge on any atom is 0.0780 e. The number of halogens is 1. The van der Waals surface area contributed by atoms with Gasteiger partial charge >= 0.3 is 0 Å². The van der Waals surface area contributed by atoms with Crippen molar-refractivity contribution in [2.75, 3.05) is 17.3 Å². The molecule has 3 nitrogen and oxygen atoms in total. The van der Waals surface area contributed by atoms with Crippen LogP contribution in [0.25, 0.3) is 0 Å². The Kier molecular flexibility index (Phi) is 5.45. The zero-order valence-electron chi connectivity index (χ0n) is 13.3. The van der Waals surface area contributed by atoms with E-state index in [1.807, 2.05) is 55.3 Å². The second kappa shape index (κ2) is 7.32. The molecule has 2 aromatic rings. The molecule has 0 spiro atoms. The Balaban J connectivity index is 2.41. The van der Waals surface area contributed by atoms with Gasteiger partial charge in [-0.1, -0.05) is 42.3 Å². The van der Waals surface area contributed by atoms with E-state index in [0.29, 0.717) is 5.02 Å². The fourth-order valence-electron chi connectivity index (χ4n) is 2.32. The molecule has 2 aromatic carbocycles. The van der Waals surface area contributed by atoms with Gasteiger partial charge in [-0.05, 0) is 44.5 Å². The van der Waals surface area contributed by atoms with Gasteiger partial charge in [0.05, 0.1) is 16.4 Å². The Hall–Kier alpha value is -2.00. The molecule has 0 radical (unpaired) electrons. The van der Waals surface area contributed by atoms with Crippen LogP contribution in [0.2, 0.25) is 5.02 Å². The van der Waals surface area contributed by atoms with Crippen LogP contribution in [0.15, 0.2) is 47.6 Å². The third-order valence-electron chi connectivity index (χ3n) is 3.44. The standard InChI is InChI=1S/C18H22ClN3/c1-4-11-22(18-8-6-5-7-16(18)19)21-14(3)15-12-13(2)9-10-17(15)20/h5-10,12H,4,11,20H2,1-3H3/b21-14+. The summed E-state index contributed by atoms with van der Waals surface area (Å²) in [5.74, 6) is 0. The summed E-state index contributed by atoms with van der Waals surface area (Å²) in [6.45, 7) is 6.95. The topological polar surface area (TPSA) is 41.6 Å². The van der Waals surface area contributed by atoms with Crippen molar-refractivity contribution in [3.63, 3.8) is 0 Å². The van der Waals surface area contributed by atoms with Gasteiger partial charge < -0.3 is 5.73 Å². The molecule has 0 aliphatic heterocycles. The number of aryl methyl sites for hydroxylation is 1. The van der Waals surface area contributed by atoms with Crippen molar-refractivity contribution in [1.29, 1.82) is 0 Å². The summed E-state index contributed by atoms with van der Waals surface area (Å²) < 4.78 is 0. The molecule has 0 fully saturated rings. The molecular formula is C18H22ClN3. The third kappa shape index (κ3) is 3.80. The molecule has 0 saturated carbocycles. The van der Waals surface area contributed by atoms with Crippen molar-refractivity contribution in [3.05, 3.63) is 58.6 Å². The molecular weight excluding hydrogens is 294 g/mol. The molecule has 2 N–H and O–H groups in total. The smallest absolute Gasteiger partial charge is 0.0780 e. The maximum absolute atomic E-state index is 6.31. The van der Waals surface area contributed by atoms with Crippen LogP contribution in [0.3, 0.4) is 0 Å². The largest absolute Gasteiger partial charge is 0.398 e. The molecule has 22 heavy (non-hydrogen) atoms. The molecule has 2 rings (SSSR count). The van der Waals surface area contributed by atoms with E-state index in [1.54, 1.807) is 0 Å². The lowest BCUT2D eigenvalue weighted by atomic mass is 10.1. The molecule has 0 unspecified atom stereocenters. The van der Waals surface area contributed by atoms with Gasteiger partial charge in [0.25, 0.3) is 0 Å². The number of benzene rings is 2. The van der Waals surface area contributed by atoms with E-state index in [0.717, 1.165) is 35.6 Å². The van der Waals surface area contributed by atoms with Crippen molar-refractivity contribution in [2.45, 2.75) is 27.2 Å². The second-order valence-electron chi connectivity index (χ2n) is 5.35. The van der Waals surface area contributed by atoms with Gasteiger partial charge in [-0.15, -0.1) is 0 Å². The number of nitrogens with zero attached hydrogens (tertiary/aromatic N) is 2. The second-order valence-corrected chi connectivity index (χ2v) is 5.76. The quantitative estimate of drug-likeness (QED) is 0.486. The first kappa shape index (κ1) is 16.4. The van der Waals surface area contributed by atoms with Gasteiger partial charge in [-0.2, -0.15) is 5.10 Å². The highest BCUT2D eigenvalue weighted by molar-refractivity contribution is 6.33. The predicted octanol–water partition coefficient (Wildman–Crippen LogP) is 4.87. The van der Waals surface area contributed by atoms with E-state index in [1.165, 1.54) is 5.56 Å². The van der Waals surface area contributed by atoms with E-state index in [9.17, 15) is 0 Å². The zero-order valence-corrected chi connectivity index (χ0v) is 14.1. The van der Waals surface area contributed by atoms with Crippen LogP contribution in [-0.2, 0) is 0 Å². The number of nitrogen functional groups attached to an aromatic ring is 1. The van der Waals surface area contributed by atoms with Gasteiger partial charge in [0.15, 0.2) is 0 Å². The summed E-state index contributed by atoms with van der Waals surface area (Å²) in [5.41, 5.74) is 10.8. The Morgan fingerprint density at radius 3 is 2.64 bits per heavy atom. The molecule has 0 aromatic heterocycles. The van der Waals surface area contributed by atoms with Crippen LogP contribution in [0.5, 0.6) is 0 Å². The summed E-state index contributed by atoms with van der Waals surface area (Å²) in [6, 6.07) is 13.7. The van der Waals surface area contributed by atoms with E-state index >= 15 is 0 Å². The first-order valence-electron chi connectivity index (χ1n) is 7.46. The van der Waals surface area contributed by atoms with E-state index in [-0.39, 0.29) is 0 Å². The molecule has 0 amide bonds. The van der Waals surface area contributed by atoms with Gasteiger partial charge in [0.1, 0.15) is 0 Å². The highest BCUT2D eigenvalue weighted by Crippen LogP contribution is 2.26. The minimum Gasteiger partial charge on any atom is -0.398 e. The average molecular weight is 316 g/mol. The van der Waals surface area contributed by atoms with E-state index in [2.05, 4.69) is 13.0 Å². The summed E-state index contributed by atoms with van der Waals surface area (Å²) in [5, 5.41) is 7.40. The van der Waals surface area contributed by atoms with Gasteiger partial charge in [0.2, 0.25) is 0 Å². The SMILES string of the molecule is CCCN(/N=C(\C)c1cc(C)ccc1N)c1ccccc1Cl. The number of nitrogens with two attached hydrogens (primary N) is 1. The minimum atomic E-state index is 0.699. The van der Waals surface area contributed by atoms with Gasteiger partial charge in [0, 0.05) is 17.8 Å². The normalized spacial score (nSPS) is 11.5. The maximum atomic E-state index is 6.31. The Morgan fingerprint density at radius 1 is 1.23 bits per heavy atom. The number of rotatable bonds is 5. The predicted molar refractivity (Wildman–Crippen MR) is 96.9 cm³/mol. The summed E-state index contributed by atoms with van der Waals surface area (Å²) >= 11 is 6.31. The van der Waals surface area contributed by atoms with Crippen molar-refractivity contribution >= 4 is 28.7 Å². The monoisotopic (exact) mass is 315 g/mol. The average Bonchev–Trinajstić information content (AvgIpc) is 2.49. The fourth-order valence-corrected chi connectivity index (χ4v) is 2.55. The lowest BCUT2D eigenvalue weighted by Crippen LogP contribution is -2.20. The Bertz CT molecular complexity index is 680. The first-order chi connectivity index (χ1) is 10.5. The number of hydrogen-bond acceptors (Lipinski definition) is 3. The number of para-hydroxylation sites is 1. The number of hydrazone groups is 1. The third-order valence-corrected chi connectivity index (χ3v) is 3.75. The van der Waals surface area contributed by atoms with E-state index < -0.39 is 0 Å². The molecule has 0 aliphatic carbocycles. The highest BCUT2D eigenvalue weighted by atomic mass is 35.5. The van der Waals surface area contributed by atoms with Crippen molar-refractivity contribution in [3.8, 4) is 0 Å². The molecule has 0 heterocycles. The van der Waals surface area contributed by atoms with Crippen LogP contribution < -0.4 is 10.7 Å². The fraction of sp³-hybridized carbons (Fsp3) is 0.278. The summed E-state index contributed by atoms with van der Waals surface area (Å²) in [4.78, 5) is 0. The van der Waals surface area contributed by atoms with Crippen LogP contribution in [0.4, 0.5) is 11.4 Å². The molecule has 116 valence electrons.